The van der Waals surface area contributed by atoms with Crippen LogP contribution in [-0.2, 0) is 4.79 Å². The number of carbonyl (C=O) groups excluding carboxylic acids is 1. The van der Waals surface area contributed by atoms with Gasteiger partial charge in [0, 0.05) is 42.9 Å². The zero-order valence-corrected chi connectivity index (χ0v) is 15.1. The van der Waals surface area contributed by atoms with Crippen LogP contribution in [0.25, 0.3) is 0 Å². The Hall–Kier alpha value is -1.14. The van der Waals surface area contributed by atoms with Crippen molar-refractivity contribution in [1.29, 1.82) is 0 Å². The third-order valence-electron chi connectivity index (χ3n) is 4.75. The van der Waals surface area contributed by atoms with E-state index in [1.54, 1.807) is 0 Å². The number of hydrogen-bond acceptors (Lipinski definition) is 4. The predicted octanol–water partition coefficient (Wildman–Crippen LogP) is 2.42. The maximum Gasteiger partial charge on any atom is 0.234 e. The van der Waals surface area contributed by atoms with Crippen LogP contribution in [-0.4, -0.2) is 54.6 Å². The number of piperazine rings is 1. The smallest absolute Gasteiger partial charge is 0.234 e. The molecule has 23 heavy (non-hydrogen) atoms. The Morgan fingerprint density at radius 1 is 1.17 bits per heavy atom. The van der Waals surface area contributed by atoms with E-state index in [4.69, 9.17) is 0 Å². The van der Waals surface area contributed by atoms with Crippen molar-refractivity contribution in [3.05, 3.63) is 22.8 Å². The number of hydrogen-bond donors (Lipinski definition) is 1. The first-order valence-corrected chi connectivity index (χ1v) is 9.38. The Morgan fingerprint density at radius 3 is 2.57 bits per heavy atom. The third kappa shape index (κ3) is 4.91. The van der Waals surface area contributed by atoms with Gasteiger partial charge in [0.15, 0.2) is 0 Å². The van der Waals surface area contributed by atoms with Crippen molar-refractivity contribution in [3.8, 4) is 0 Å². The predicted molar refractivity (Wildman–Crippen MR) is 95.6 cm³/mol. The normalized spacial score (nSPS) is 20.5. The molecule has 1 N–H and O–H groups in total. The Kier molecular flexibility index (Phi) is 5.89. The lowest BCUT2D eigenvalue weighted by Gasteiger charge is -2.35. The van der Waals surface area contributed by atoms with Crippen molar-refractivity contribution in [2.24, 2.45) is 0 Å². The van der Waals surface area contributed by atoms with Crippen molar-refractivity contribution in [3.63, 3.8) is 0 Å². The number of pyridine rings is 1. The van der Waals surface area contributed by atoms with Gasteiger partial charge in [0.1, 0.15) is 5.82 Å². The van der Waals surface area contributed by atoms with Crippen LogP contribution < -0.4 is 10.2 Å². The SMILES string of the molecule is O=C(CN1CCN(c2ccc(Br)cn2)CC1)NC1CCCCC1. The van der Waals surface area contributed by atoms with Crippen molar-refractivity contribution in [2.45, 2.75) is 38.1 Å². The number of halogens is 1. The molecule has 1 aromatic rings. The summed E-state index contributed by atoms with van der Waals surface area (Å²) in [6.07, 6.45) is 7.95. The summed E-state index contributed by atoms with van der Waals surface area (Å²) < 4.78 is 0.999. The molecule has 2 aliphatic rings. The second kappa shape index (κ2) is 8.11. The summed E-state index contributed by atoms with van der Waals surface area (Å²) in [4.78, 5) is 21.2. The van der Waals surface area contributed by atoms with Crippen LogP contribution in [0.4, 0.5) is 5.82 Å². The van der Waals surface area contributed by atoms with Gasteiger partial charge in [-0.15, -0.1) is 0 Å². The largest absolute Gasteiger partial charge is 0.354 e. The highest BCUT2D eigenvalue weighted by molar-refractivity contribution is 9.10. The maximum absolute atomic E-state index is 12.2. The lowest BCUT2D eigenvalue weighted by atomic mass is 9.95. The molecule has 126 valence electrons. The molecule has 0 unspecified atom stereocenters. The number of carbonyl (C=O) groups is 1. The molecule has 1 saturated heterocycles. The van der Waals surface area contributed by atoms with Gasteiger partial charge in [0.25, 0.3) is 0 Å². The van der Waals surface area contributed by atoms with Crippen LogP contribution in [0.3, 0.4) is 0 Å². The molecule has 0 bridgehead atoms. The molecule has 2 fully saturated rings. The molecule has 3 rings (SSSR count). The van der Waals surface area contributed by atoms with E-state index in [-0.39, 0.29) is 5.91 Å². The average molecular weight is 381 g/mol. The van der Waals surface area contributed by atoms with Gasteiger partial charge < -0.3 is 10.2 Å². The fraction of sp³-hybridized carbons (Fsp3) is 0.647. The second-order valence-corrected chi connectivity index (χ2v) is 7.42. The number of anilines is 1. The van der Waals surface area contributed by atoms with Crippen molar-refractivity contribution in [2.75, 3.05) is 37.6 Å². The lowest BCUT2D eigenvalue weighted by Crippen LogP contribution is -2.50. The van der Waals surface area contributed by atoms with E-state index in [0.717, 1.165) is 49.3 Å². The Balaban J connectivity index is 1.41. The molecule has 5 nitrogen and oxygen atoms in total. The fourth-order valence-electron chi connectivity index (χ4n) is 3.41. The quantitative estimate of drug-likeness (QED) is 0.871. The zero-order chi connectivity index (χ0) is 16.1. The molecule has 0 spiro atoms. The highest BCUT2D eigenvalue weighted by Gasteiger charge is 2.21. The van der Waals surface area contributed by atoms with Gasteiger partial charge in [-0.25, -0.2) is 4.98 Å². The van der Waals surface area contributed by atoms with E-state index in [9.17, 15) is 4.79 Å². The van der Waals surface area contributed by atoms with Crippen LogP contribution in [0.1, 0.15) is 32.1 Å². The third-order valence-corrected chi connectivity index (χ3v) is 5.21. The van der Waals surface area contributed by atoms with E-state index in [1.165, 1.54) is 19.3 Å². The first-order valence-electron chi connectivity index (χ1n) is 8.59. The molecule has 0 atom stereocenters. The summed E-state index contributed by atoms with van der Waals surface area (Å²) in [5, 5.41) is 3.20. The van der Waals surface area contributed by atoms with Gasteiger partial charge in [-0.1, -0.05) is 19.3 Å². The Labute approximate surface area is 146 Å². The minimum absolute atomic E-state index is 0.187. The number of nitrogens with one attached hydrogen (secondary N) is 1. The molecule has 0 radical (unpaired) electrons. The summed E-state index contributed by atoms with van der Waals surface area (Å²) >= 11 is 3.41. The first kappa shape index (κ1) is 16.7. The highest BCUT2D eigenvalue weighted by Crippen LogP contribution is 2.18. The molecule has 1 saturated carbocycles. The van der Waals surface area contributed by atoms with E-state index in [2.05, 4.69) is 36.0 Å². The number of rotatable bonds is 4. The monoisotopic (exact) mass is 380 g/mol. The Morgan fingerprint density at radius 2 is 1.91 bits per heavy atom. The van der Waals surface area contributed by atoms with Crippen LogP contribution in [0.15, 0.2) is 22.8 Å². The minimum Gasteiger partial charge on any atom is -0.354 e. The number of amides is 1. The number of aromatic nitrogens is 1. The molecule has 6 heteroatoms. The lowest BCUT2D eigenvalue weighted by molar-refractivity contribution is -0.123. The van der Waals surface area contributed by atoms with E-state index < -0.39 is 0 Å². The van der Waals surface area contributed by atoms with Gasteiger partial charge in [-0.3, -0.25) is 9.69 Å². The summed E-state index contributed by atoms with van der Waals surface area (Å²) in [7, 11) is 0. The van der Waals surface area contributed by atoms with E-state index in [0.29, 0.717) is 12.6 Å². The topological polar surface area (TPSA) is 48.5 Å². The summed E-state index contributed by atoms with van der Waals surface area (Å²) in [6, 6.07) is 4.46. The standard InChI is InChI=1S/C17H25BrN4O/c18-14-6-7-16(19-12-14)22-10-8-21(9-11-22)13-17(23)20-15-4-2-1-3-5-15/h6-7,12,15H,1-5,8-11,13H2,(H,20,23). The molecular weight excluding hydrogens is 356 g/mol. The average Bonchev–Trinajstić information content (AvgIpc) is 2.57. The molecule has 1 aliphatic carbocycles. The minimum atomic E-state index is 0.187. The molecule has 0 aromatic carbocycles. The second-order valence-electron chi connectivity index (χ2n) is 6.50. The molecule has 1 aliphatic heterocycles. The zero-order valence-electron chi connectivity index (χ0n) is 13.5. The maximum atomic E-state index is 12.2. The van der Waals surface area contributed by atoms with Crippen LogP contribution in [0.2, 0.25) is 0 Å². The van der Waals surface area contributed by atoms with Gasteiger partial charge in [-0.2, -0.15) is 0 Å². The molecule has 1 aromatic heterocycles. The highest BCUT2D eigenvalue weighted by atomic mass is 79.9. The summed E-state index contributed by atoms with van der Waals surface area (Å²) in [5.74, 6) is 1.20. The molecular formula is C17H25BrN4O. The van der Waals surface area contributed by atoms with Gasteiger partial charge in [0.05, 0.1) is 6.54 Å². The van der Waals surface area contributed by atoms with Crippen molar-refractivity contribution >= 4 is 27.7 Å². The summed E-state index contributed by atoms with van der Waals surface area (Å²) in [6.45, 7) is 4.19. The van der Waals surface area contributed by atoms with Gasteiger partial charge in [0.2, 0.25) is 5.91 Å². The van der Waals surface area contributed by atoms with E-state index in [1.807, 2.05) is 18.3 Å². The van der Waals surface area contributed by atoms with E-state index >= 15 is 0 Å². The Bertz CT molecular complexity index is 508. The molecule has 2 heterocycles. The van der Waals surface area contributed by atoms with Crippen LogP contribution >= 0.6 is 15.9 Å². The van der Waals surface area contributed by atoms with Crippen LogP contribution in [0.5, 0.6) is 0 Å². The number of nitrogens with zero attached hydrogens (tertiary/aromatic N) is 3. The fourth-order valence-corrected chi connectivity index (χ4v) is 3.65. The van der Waals surface area contributed by atoms with Crippen LogP contribution in [0, 0.1) is 0 Å². The first-order chi connectivity index (χ1) is 11.2. The van der Waals surface area contributed by atoms with Crippen molar-refractivity contribution < 1.29 is 4.79 Å². The van der Waals surface area contributed by atoms with Crippen molar-refractivity contribution in [1.82, 2.24) is 15.2 Å². The summed E-state index contributed by atoms with van der Waals surface area (Å²) in [5.41, 5.74) is 0. The molecule has 1 amide bonds. The van der Waals surface area contributed by atoms with Gasteiger partial charge in [-0.05, 0) is 40.9 Å². The van der Waals surface area contributed by atoms with Gasteiger partial charge >= 0.3 is 0 Å².